The molecule has 2 aliphatic heterocycles. The van der Waals surface area contributed by atoms with Crippen molar-refractivity contribution in [2.24, 2.45) is 5.92 Å². The number of carbonyl (C=O) groups excluding carboxylic acids is 1. The van der Waals surface area contributed by atoms with E-state index in [2.05, 4.69) is 70.3 Å². The van der Waals surface area contributed by atoms with Crippen LogP contribution in [-0.4, -0.2) is 29.7 Å². The van der Waals surface area contributed by atoms with Crippen molar-refractivity contribution < 1.29 is 9.63 Å². The Morgan fingerprint density at radius 2 is 1.62 bits per heavy atom. The predicted molar refractivity (Wildman–Crippen MR) is 147 cm³/mol. The molecule has 0 unspecified atom stereocenters. The highest BCUT2D eigenvalue weighted by atomic mass is 16.7. The monoisotopic (exact) mass is 495 g/mol. The van der Waals surface area contributed by atoms with Crippen LogP contribution in [0.5, 0.6) is 0 Å². The van der Waals surface area contributed by atoms with Crippen LogP contribution < -0.4 is 10.6 Å². The third kappa shape index (κ3) is 5.03. The van der Waals surface area contributed by atoms with Gasteiger partial charge in [-0.2, -0.15) is 5.06 Å². The highest BCUT2D eigenvalue weighted by Gasteiger charge is 2.45. The highest BCUT2D eigenvalue weighted by Crippen LogP contribution is 2.51. The fraction of sp³-hybridized carbons (Fsp3) is 0.406. The van der Waals surface area contributed by atoms with Gasteiger partial charge in [-0.05, 0) is 55.0 Å². The average Bonchev–Trinajstić information content (AvgIpc) is 3.38. The highest BCUT2D eigenvalue weighted by molar-refractivity contribution is 5.94. The fourth-order valence-electron chi connectivity index (χ4n) is 6.75. The summed E-state index contributed by atoms with van der Waals surface area (Å²) in [5.41, 5.74) is 4.39. The van der Waals surface area contributed by atoms with E-state index in [-0.39, 0.29) is 23.5 Å². The summed E-state index contributed by atoms with van der Waals surface area (Å²) in [5.74, 6) is 0.473. The van der Waals surface area contributed by atoms with Crippen molar-refractivity contribution in [2.75, 3.05) is 18.5 Å². The molecule has 5 heteroatoms. The lowest BCUT2D eigenvalue weighted by molar-refractivity contribution is -0.180. The van der Waals surface area contributed by atoms with E-state index in [9.17, 15) is 4.79 Å². The first-order valence-corrected chi connectivity index (χ1v) is 13.9. The molecule has 1 saturated heterocycles. The van der Waals surface area contributed by atoms with E-state index < -0.39 is 0 Å². The molecule has 5 nitrogen and oxygen atoms in total. The molecule has 2 fully saturated rings. The van der Waals surface area contributed by atoms with E-state index in [1.807, 2.05) is 30.3 Å². The molecule has 3 aromatic rings. The molecule has 0 spiro atoms. The molecule has 0 aromatic heterocycles. The van der Waals surface area contributed by atoms with Crippen LogP contribution in [0.4, 0.5) is 5.69 Å². The first-order valence-electron chi connectivity index (χ1n) is 13.9. The Morgan fingerprint density at radius 1 is 0.919 bits per heavy atom. The molecule has 2 heterocycles. The van der Waals surface area contributed by atoms with Gasteiger partial charge in [0.2, 0.25) is 0 Å². The van der Waals surface area contributed by atoms with E-state index in [4.69, 9.17) is 4.84 Å². The lowest BCUT2D eigenvalue weighted by Gasteiger charge is -2.41. The SMILES string of the molecule is O=C(NC1(CCON2CC[C@H]3[C@@H](c4ccccc4)Nc4ccccc4[C@H]32)CCCCC1)c1ccccc1. The van der Waals surface area contributed by atoms with Crippen LogP contribution in [0.2, 0.25) is 0 Å². The predicted octanol–water partition coefficient (Wildman–Crippen LogP) is 6.67. The molecule has 0 bridgehead atoms. The van der Waals surface area contributed by atoms with Crippen LogP contribution in [0.15, 0.2) is 84.9 Å². The topological polar surface area (TPSA) is 53.6 Å². The number of para-hydroxylation sites is 1. The molecule has 1 saturated carbocycles. The van der Waals surface area contributed by atoms with E-state index in [1.165, 1.54) is 23.2 Å². The van der Waals surface area contributed by atoms with Crippen molar-refractivity contribution in [1.29, 1.82) is 0 Å². The summed E-state index contributed by atoms with van der Waals surface area (Å²) >= 11 is 0. The van der Waals surface area contributed by atoms with Gasteiger partial charge < -0.3 is 10.6 Å². The number of hydrogen-bond acceptors (Lipinski definition) is 4. The van der Waals surface area contributed by atoms with Gasteiger partial charge in [-0.1, -0.05) is 86.0 Å². The van der Waals surface area contributed by atoms with Gasteiger partial charge >= 0.3 is 0 Å². The lowest BCUT2D eigenvalue weighted by atomic mass is 9.79. The zero-order valence-electron chi connectivity index (χ0n) is 21.4. The molecule has 0 radical (unpaired) electrons. The second-order valence-corrected chi connectivity index (χ2v) is 10.9. The zero-order valence-corrected chi connectivity index (χ0v) is 21.4. The Balaban J connectivity index is 1.17. The molecular formula is C32H37N3O2. The number of rotatable bonds is 7. The van der Waals surface area contributed by atoms with Gasteiger partial charge in [0.15, 0.2) is 0 Å². The smallest absolute Gasteiger partial charge is 0.251 e. The first kappa shape index (κ1) is 24.2. The Bertz CT molecular complexity index is 1190. The fourth-order valence-corrected chi connectivity index (χ4v) is 6.75. The van der Waals surface area contributed by atoms with E-state index in [1.54, 1.807) is 0 Å². The first-order chi connectivity index (χ1) is 18.2. The number of benzene rings is 3. The maximum absolute atomic E-state index is 13.1. The van der Waals surface area contributed by atoms with Gasteiger partial charge in [0.05, 0.1) is 18.7 Å². The minimum atomic E-state index is -0.192. The second kappa shape index (κ2) is 10.7. The van der Waals surface area contributed by atoms with Crippen LogP contribution in [0.1, 0.15) is 78.5 Å². The summed E-state index contributed by atoms with van der Waals surface area (Å²) in [7, 11) is 0. The Morgan fingerprint density at radius 3 is 2.41 bits per heavy atom. The number of hydrogen-bond donors (Lipinski definition) is 2. The second-order valence-electron chi connectivity index (χ2n) is 10.9. The molecule has 2 N–H and O–H groups in total. The van der Waals surface area contributed by atoms with Gasteiger partial charge in [0.25, 0.3) is 5.91 Å². The van der Waals surface area contributed by atoms with Gasteiger partial charge in [-0.25, -0.2) is 0 Å². The summed E-state index contributed by atoms with van der Waals surface area (Å²) in [4.78, 5) is 19.6. The minimum absolute atomic E-state index is 0.0294. The van der Waals surface area contributed by atoms with Crippen LogP contribution >= 0.6 is 0 Å². The Kier molecular flexibility index (Phi) is 6.99. The van der Waals surface area contributed by atoms with E-state index in [0.717, 1.165) is 50.6 Å². The van der Waals surface area contributed by atoms with E-state index in [0.29, 0.717) is 12.5 Å². The van der Waals surface area contributed by atoms with E-state index >= 15 is 0 Å². The third-order valence-corrected chi connectivity index (χ3v) is 8.64. The van der Waals surface area contributed by atoms with Gasteiger partial charge in [0.1, 0.15) is 0 Å². The van der Waals surface area contributed by atoms with Crippen LogP contribution in [0.25, 0.3) is 0 Å². The Hall–Kier alpha value is -3.15. The molecule has 1 amide bonds. The van der Waals surface area contributed by atoms with Crippen molar-refractivity contribution in [3.05, 3.63) is 102 Å². The maximum atomic E-state index is 13.1. The molecule has 3 aliphatic rings. The standard InChI is InChI=1S/C32H37N3O2/c36-31(25-14-6-2-7-15-25)34-32(19-10-3-11-20-32)21-23-37-35-22-18-27-29(24-12-4-1-5-13-24)33-28-17-9-8-16-26(28)30(27)35/h1-2,4-9,12-17,27,29-30,33H,3,10-11,18-23H2,(H,34,36)/t27-,29+,30+/m0/s1. The lowest BCUT2D eigenvalue weighted by Crippen LogP contribution is -2.50. The Labute approximate surface area is 220 Å². The van der Waals surface area contributed by atoms with Crippen molar-refractivity contribution >= 4 is 11.6 Å². The van der Waals surface area contributed by atoms with Crippen LogP contribution in [-0.2, 0) is 4.84 Å². The number of amides is 1. The molecule has 1 aliphatic carbocycles. The summed E-state index contributed by atoms with van der Waals surface area (Å²) in [6.45, 7) is 1.53. The number of hydroxylamine groups is 2. The molecule has 6 rings (SSSR count). The van der Waals surface area contributed by atoms with Crippen molar-refractivity contribution in [3.8, 4) is 0 Å². The number of carbonyl (C=O) groups is 1. The molecule has 3 aromatic carbocycles. The molecule has 192 valence electrons. The van der Waals surface area contributed by atoms with Crippen molar-refractivity contribution in [3.63, 3.8) is 0 Å². The number of anilines is 1. The minimum Gasteiger partial charge on any atom is -0.378 e. The zero-order chi connectivity index (χ0) is 25.1. The molecular weight excluding hydrogens is 458 g/mol. The average molecular weight is 496 g/mol. The van der Waals surface area contributed by atoms with Crippen molar-refractivity contribution in [2.45, 2.75) is 62.6 Å². The summed E-state index contributed by atoms with van der Waals surface area (Å²) in [6, 6.07) is 29.6. The molecule has 3 atom stereocenters. The van der Waals surface area contributed by atoms with Crippen LogP contribution in [0.3, 0.4) is 0 Å². The number of nitrogens with zero attached hydrogens (tertiary/aromatic N) is 1. The number of nitrogens with one attached hydrogen (secondary N) is 2. The van der Waals surface area contributed by atoms with Gasteiger partial charge in [-0.3, -0.25) is 9.63 Å². The summed E-state index contributed by atoms with van der Waals surface area (Å²) in [5, 5.41) is 9.49. The maximum Gasteiger partial charge on any atom is 0.251 e. The summed E-state index contributed by atoms with van der Waals surface area (Å²) < 4.78 is 0. The summed E-state index contributed by atoms with van der Waals surface area (Å²) in [6.07, 6.45) is 7.50. The molecule has 37 heavy (non-hydrogen) atoms. The largest absolute Gasteiger partial charge is 0.378 e. The van der Waals surface area contributed by atoms with Crippen LogP contribution in [0, 0.1) is 5.92 Å². The van der Waals surface area contributed by atoms with Crippen molar-refractivity contribution in [1.82, 2.24) is 10.4 Å². The van der Waals surface area contributed by atoms with Gasteiger partial charge in [0, 0.05) is 29.3 Å². The third-order valence-electron chi connectivity index (χ3n) is 8.64. The normalized spacial score (nSPS) is 24.5. The number of fused-ring (bicyclic) bond motifs is 3. The quantitative estimate of drug-likeness (QED) is 0.384. The van der Waals surface area contributed by atoms with Gasteiger partial charge in [-0.15, -0.1) is 0 Å².